The molecule has 0 aromatic heterocycles. The zero-order valence-electron chi connectivity index (χ0n) is 16.4. The summed E-state index contributed by atoms with van der Waals surface area (Å²) in [6, 6.07) is 1.02. The predicted molar refractivity (Wildman–Crippen MR) is 98.9 cm³/mol. The molecular weight excluding hydrogens is 373 g/mol. The first kappa shape index (κ1) is 24.0. The Labute approximate surface area is 164 Å². The van der Waals surface area contributed by atoms with Gasteiger partial charge in [-0.05, 0) is 12.5 Å². The van der Waals surface area contributed by atoms with Crippen LogP contribution in [0.2, 0.25) is 0 Å². The van der Waals surface area contributed by atoms with Gasteiger partial charge in [-0.15, -0.1) is 0 Å². The highest BCUT2D eigenvalue weighted by molar-refractivity contribution is 5.77. The average molecular weight is 402 g/mol. The fourth-order valence-electron chi connectivity index (χ4n) is 2.60. The van der Waals surface area contributed by atoms with Gasteiger partial charge in [-0.1, -0.05) is 51.9 Å². The Bertz CT molecular complexity index is 620. The van der Waals surface area contributed by atoms with Crippen LogP contribution in [0, 0.1) is 17.5 Å². The number of unbranched alkanes of at least 4 members (excludes halogenated alkanes) is 7. The molecule has 158 valence electrons. The maximum atomic E-state index is 13.4. The van der Waals surface area contributed by atoms with E-state index in [1.165, 1.54) is 32.1 Å². The summed E-state index contributed by atoms with van der Waals surface area (Å²) in [6.45, 7) is 1.97. The van der Waals surface area contributed by atoms with Crippen LogP contribution in [0.5, 0.6) is 0 Å². The molecule has 0 aliphatic carbocycles. The Kier molecular flexibility index (Phi) is 12.0. The topological polar surface area (TPSA) is 52.6 Å². The molecule has 0 bridgehead atoms. The Morgan fingerprint density at radius 2 is 1.29 bits per heavy atom. The molecule has 0 aliphatic heterocycles. The molecular formula is C21H29F3O4. The first-order valence-electron chi connectivity index (χ1n) is 9.88. The van der Waals surface area contributed by atoms with Crippen molar-refractivity contribution in [3.8, 4) is 0 Å². The van der Waals surface area contributed by atoms with Gasteiger partial charge in [-0.2, -0.15) is 0 Å². The van der Waals surface area contributed by atoms with E-state index in [-0.39, 0.29) is 18.4 Å². The fraction of sp³-hybridized carbons (Fsp3) is 0.619. The molecule has 7 heteroatoms. The van der Waals surface area contributed by atoms with Crippen LogP contribution in [-0.2, 0) is 25.7 Å². The van der Waals surface area contributed by atoms with Crippen molar-refractivity contribution in [1.82, 2.24) is 0 Å². The lowest BCUT2D eigenvalue weighted by atomic mass is 10.1. The SMILES string of the molecule is CCCCCCCCCCOC(=O)CCC(=O)OCc1cc(F)c(F)cc1F. The van der Waals surface area contributed by atoms with Crippen LogP contribution in [0.3, 0.4) is 0 Å². The number of carbonyl (C=O) groups is 2. The lowest BCUT2D eigenvalue weighted by Gasteiger charge is -2.07. The van der Waals surface area contributed by atoms with Crippen molar-refractivity contribution in [3.05, 3.63) is 35.1 Å². The van der Waals surface area contributed by atoms with Gasteiger partial charge >= 0.3 is 11.9 Å². The maximum Gasteiger partial charge on any atom is 0.306 e. The Hall–Kier alpha value is -2.05. The monoisotopic (exact) mass is 402 g/mol. The van der Waals surface area contributed by atoms with Crippen LogP contribution in [0.15, 0.2) is 12.1 Å². The zero-order valence-corrected chi connectivity index (χ0v) is 16.4. The Balaban J connectivity index is 2.08. The number of halogens is 3. The number of hydrogen-bond acceptors (Lipinski definition) is 4. The predicted octanol–water partition coefficient (Wildman–Crippen LogP) is 5.61. The Morgan fingerprint density at radius 1 is 0.750 bits per heavy atom. The average Bonchev–Trinajstić information content (AvgIpc) is 2.66. The van der Waals surface area contributed by atoms with E-state index in [4.69, 9.17) is 9.47 Å². The first-order chi connectivity index (χ1) is 13.4. The van der Waals surface area contributed by atoms with Gasteiger partial charge in [-0.25, -0.2) is 13.2 Å². The van der Waals surface area contributed by atoms with E-state index in [1.807, 2.05) is 0 Å². The largest absolute Gasteiger partial charge is 0.466 e. The summed E-state index contributed by atoms with van der Waals surface area (Å²) in [4.78, 5) is 23.2. The number of ether oxygens (including phenoxy) is 2. The normalized spacial score (nSPS) is 10.7. The van der Waals surface area contributed by atoms with E-state index in [0.717, 1.165) is 19.3 Å². The van der Waals surface area contributed by atoms with Crippen molar-refractivity contribution < 1.29 is 32.2 Å². The molecule has 0 atom stereocenters. The molecule has 1 rings (SSSR count). The highest BCUT2D eigenvalue weighted by Crippen LogP contribution is 2.15. The summed E-state index contributed by atoms with van der Waals surface area (Å²) in [6.07, 6.45) is 8.75. The smallest absolute Gasteiger partial charge is 0.306 e. The van der Waals surface area contributed by atoms with E-state index < -0.39 is 36.0 Å². The molecule has 0 spiro atoms. The first-order valence-corrected chi connectivity index (χ1v) is 9.88. The van der Waals surface area contributed by atoms with Crippen LogP contribution in [0.1, 0.15) is 76.7 Å². The van der Waals surface area contributed by atoms with Gasteiger partial charge < -0.3 is 9.47 Å². The van der Waals surface area contributed by atoms with Crippen LogP contribution >= 0.6 is 0 Å². The second-order valence-corrected chi connectivity index (χ2v) is 6.71. The highest BCUT2D eigenvalue weighted by atomic mass is 19.2. The number of esters is 2. The van der Waals surface area contributed by atoms with Crippen molar-refractivity contribution in [1.29, 1.82) is 0 Å². The minimum absolute atomic E-state index is 0.143. The van der Waals surface area contributed by atoms with E-state index in [0.29, 0.717) is 18.7 Å². The fourth-order valence-corrected chi connectivity index (χ4v) is 2.60. The van der Waals surface area contributed by atoms with E-state index in [9.17, 15) is 22.8 Å². The zero-order chi connectivity index (χ0) is 20.8. The molecule has 28 heavy (non-hydrogen) atoms. The molecule has 1 aromatic rings. The van der Waals surface area contributed by atoms with E-state index >= 15 is 0 Å². The summed E-state index contributed by atoms with van der Waals surface area (Å²) in [5.74, 6) is -4.78. The molecule has 0 aliphatic rings. The summed E-state index contributed by atoms with van der Waals surface area (Å²) < 4.78 is 49.1. The minimum atomic E-state index is -1.31. The van der Waals surface area contributed by atoms with Crippen LogP contribution < -0.4 is 0 Å². The lowest BCUT2D eigenvalue weighted by Crippen LogP contribution is -2.11. The third-order valence-electron chi connectivity index (χ3n) is 4.27. The Morgan fingerprint density at radius 3 is 1.93 bits per heavy atom. The molecule has 0 saturated carbocycles. The van der Waals surface area contributed by atoms with E-state index in [1.54, 1.807) is 0 Å². The lowest BCUT2D eigenvalue weighted by molar-refractivity contribution is -0.151. The number of hydrogen-bond donors (Lipinski definition) is 0. The summed E-state index contributed by atoms with van der Waals surface area (Å²) in [5, 5.41) is 0. The number of carbonyl (C=O) groups excluding carboxylic acids is 2. The van der Waals surface area contributed by atoms with Gasteiger partial charge in [-0.3, -0.25) is 9.59 Å². The maximum absolute atomic E-state index is 13.4. The summed E-state index contributed by atoms with van der Waals surface area (Å²) in [7, 11) is 0. The van der Waals surface area contributed by atoms with Crippen molar-refractivity contribution in [2.45, 2.75) is 77.7 Å². The standard InChI is InChI=1S/C21H29F3O4/c1-2-3-4-5-6-7-8-9-12-27-20(25)10-11-21(26)28-15-16-13-18(23)19(24)14-17(16)22/h13-14H,2-12,15H2,1H3. The van der Waals surface area contributed by atoms with Crippen molar-refractivity contribution in [2.75, 3.05) is 6.61 Å². The molecule has 4 nitrogen and oxygen atoms in total. The second kappa shape index (κ2) is 14.0. The third kappa shape index (κ3) is 10.3. The van der Waals surface area contributed by atoms with Gasteiger partial charge in [0.05, 0.1) is 19.4 Å². The van der Waals surface area contributed by atoms with Crippen molar-refractivity contribution in [3.63, 3.8) is 0 Å². The second-order valence-electron chi connectivity index (χ2n) is 6.71. The molecule has 1 aromatic carbocycles. The third-order valence-corrected chi connectivity index (χ3v) is 4.27. The van der Waals surface area contributed by atoms with Crippen molar-refractivity contribution in [2.24, 2.45) is 0 Å². The van der Waals surface area contributed by atoms with E-state index in [2.05, 4.69) is 6.92 Å². The van der Waals surface area contributed by atoms with Gasteiger partial charge in [0.15, 0.2) is 11.6 Å². The van der Waals surface area contributed by atoms with Gasteiger partial charge in [0.25, 0.3) is 0 Å². The quantitative estimate of drug-likeness (QED) is 0.231. The number of benzene rings is 1. The molecule has 0 heterocycles. The molecule has 0 amide bonds. The molecule has 0 saturated heterocycles. The summed E-state index contributed by atoms with van der Waals surface area (Å²) in [5.41, 5.74) is -0.274. The molecule has 0 fully saturated rings. The van der Waals surface area contributed by atoms with Crippen LogP contribution in [-0.4, -0.2) is 18.5 Å². The van der Waals surface area contributed by atoms with Crippen LogP contribution in [0.25, 0.3) is 0 Å². The molecule has 0 unspecified atom stereocenters. The minimum Gasteiger partial charge on any atom is -0.466 e. The molecule has 0 radical (unpaired) electrons. The van der Waals surface area contributed by atoms with Crippen molar-refractivity contribution >= 4 is 11.9 Å². The highest BCUT2D eigenvalue weighted by Gasteiger charge is 2.13. The molecule has 0 N–H and O–H groups in total. The summed E-state index contributed by atoms with van der Waals surface area (Å²) >= 11 is 0. The van der Waals surface area contributed by atoms with Gasteiger partial charge in [0.2, 0.25) is 0 Å². The number of rotatable bonds is 14. The van der Waals surface area contributed by atoms with Gasteiger partial charge in [0.1, 0.15) is 12.4 Å². The van der Waals surface area contributed by atoms with Crippen LogP contribution in [0.4, 0.5) is 13.2 Å². The van der Waals surface area contributed by atoms with Gasteiger partial charge in [0, 0.05) is 11.6 Å².